The summed E-state index contributed by atoms with van der Waals surface area (Å²) in [6.45, 7) is 2.12. The van der Waals surface area contributed by atoms with E-state index in [9.17, 15) is 18.4 Å². The quantitative estimate of drug-likeness (QED) is 0.428. The highest BCUT2D eigenvalue weighted by molar-refractivity contribution is 7.99. The van der Waals surface area contributed by atoms with E-state index in [0.717, 1.165) is 19.3 Å². The van der Waals surface area contributed by atoms with Crippen LogP contribution in [-0.2, 0) is 9.53 Å². The van der Waals surface area contributed by atoms with Gasteiger partial charge in [0.05, 0.1) is 5.56 Å². The second-order valence-corrected chi connectivity index (χ2v) is 5.35. The minimum Gasteiger partial charge on any atom is -0.452 e. The number of carbonyl (C=O) groups is 2. The van der Waals surface area contributed by atoms with Gasteiger partial charge in [0.15, 0.2) is 6.61 Å². The highest BCUT2D eigenvalue weighted by Gasteiger charge is 2.18. The lowest BCUT2D eigenvalue weighted by Crippen LogP contribution is -2.29. The van der Waals surface area contributed by atoms with Crippen LogP contribution in [0.2, 0.25) is 0 Å². The monoisotopic (exact) mass is 332 g/mol. The van der Waals surface area contributed by atoms with E-state index in [4.69, 9.17) is 4.74 Å². The Labute approximate surface area is 131 Å². The van der Waals surface area contributed by atoms with Crippen LogP contribution in [0.25, 0.3) is 0 Å². The third kappa shape index (κ3) is 6.84. The molecule has 0 saturated heterocycles. The Morgan fingerprint density at radius 1 is 1.41 bits per heavy atom. The molecule has 0 radical (unpaired) electrons. The summed E-state index contributed by atoms with van der Waals surface area (Å²) in [5.74, 6) is -3.96. The van der Waals surface area contributed by atoms with E-state index in [1.807, 2.05) is 6.92 Å². The van der Waals surface area contributed by atoms with Gasteiger partial charge in [-0.25, -0.2) is 9.78 Å². The van der Waals surface area contributed by atoms with Crippen LogP contribution in [0.3, 0.4) is 0 Å². The zero-order valence-corrected chi connectivity index (χ0v) is 13.0. The molecule has 0 aliphatic heterocycles. The van der Waals surface area contributed by atoms with E-state index in [2.05, 4.69) is 10.3 Å². The van der Waals surface area contributed by atoms with E-state index in [1.54, 1.807) is 0 Å². The number of rotatable bonds is 9. The van der Waals surface area contributed by atoms with Crippen molar-refractivity contribution in [3.63, 3.8) is 0 Å². The van der Waals surface area contributed by atoms with E-state index in [-0.39, 0.29) is 22.4 Å². The predicted octanol–water partition coefficient (Wildman–Crippen LogP) is 2.86. The molecule has 1 aromatic heterocycles. The number of aromatic nitrogens is 1. The van der Waals surface area contributed by atoms with Crippen LogP contribution in [0, 0.1) is 0 Å². The summed E-state index contributed by atoms with van der Waals surface area (Å²) in [6, 6.07) is 2.77. The number of alkyl halides is 2. The van der Waals surface area contributed by atoms with Crippen LogP contribution < -0.4 is 5.32 Å². The van der Waals surface area contributed by atoms with E-state index < -0.39 is 24.2 Å². The van der Waals surface area contributed by atoms with E-state index >= 15 is 0 Å². The van der Waals surface area contributed by atoms with Gasteiger partial charge in [-0.2, -0.15) is 8.78 Å². The fourth-order valence-electron chi connectivity index (χ4n) is 1.59. The predicted molar refractivity (Wildman–Crippen MR) is 78.9 cm³/mol. The Morgan fingerprint density at radius 2 is 2.18 bits per heavy atom. The lowest BCUT2D eigenvalue weighted by atomic mass is 10.2. The zero-order chi connectivity index (χ0) is 16.4. The number of hydrogen-bond acceptors (Lipinski definition) is 5. The molecule has 1 amide bonds. The fraction of sp³-hybridized carbons (Fsp3) is 0.500. The maximum absolute atomic E-state index is 12.4. The largest absolute Gasteiger partial charge is 0.452 e. The molecule has 0 bridgehead atoms. The lowest BCUT2D eigenvalue weighted by molar-refractivity contribution is -0.124. The van der Waals surface area contributed by atoms with E-state index in [0.29, 0.717) is 6.54 Å². The van der Waals surface area contributed by atoms with Gasteiger partial charge in [-0.1, -0.05) is 19.8 Å². The minimum absolute atomic E-state index is 0.0772. The van der Waals surface area contributed by atoms with Gasteiger partial charge < -0.3 is 10.1 Å². The molecule has 122 valence electrons. The van der Waals surface area contributed by atoms with Crippen molar-refractivity contribution in [1.82, 2.24) is 10.3 Å². The van der Waals surface area contributed by atoms with Crippen LogP contribution in [0.5, 0.6) is 0 Å². The van der Waals surface area contributed by atoms with Gasteiger partial charge in [-0.3, -0.25) is 4.79 Å². The van der Waals surface area contributed by atoms with E-state index in [1.165, 1.54) is 18.3 Å². The SMILES string of the molecule is CCCCCNC(=O)COC(=O)c1cccnc1SC(F)F. The summed E-state index contributed by atoms with van der Waals surface area (Å²) >= 11 is 0.161. The second kappa shape index (κ2) is 10.1. The molecule has 0 aliphatic carbocycles. The Balaban J connectivity index is 2.47. The van der Waals surface area contributed by atoms with Crippen LogP contribution in [0.1, 0.15) is 36.5 Å². The van der Waals surface area contributed by atoms with Gasteiger partial charge in [-0.05, 0) is 30.3 Å². The van der Waals surface area contributed by atoms with Crippen LogP contribution >= 0.6 is 11.8 Å². The van der Waals surface area contributed by atoms with Crippen LogP contribution in [-0.4, -0.2) is 35.8 Å². The first-order chi connectivity index (χ1) is 10.5. The summed E-state index contributed by atoms with van der Waals surface area (Å²) < 4.78 is 29.6. The normalized spacial score (nSPS) is 10.5. The molecule has 0 unspecified atom stereocenters. The number of nitrogens with zero attached hydrogens (tertiary/aromatic N) is 1. The van der Waals surface area contributed by atoms with Gasteiger partial charge in [0, 0.05) is 12.7 Å². The number of amides is 1. The Morgan fingerprint density at radius 3 is 2.86 bits per heavy atom. The van der Waals surface area contributed by atoms with Crippen molar-refractivity contribution in [3.05, 3.63) is 23.9 Å². The minimum atomic E-state index is -2.69. The smallest absolute Gasteiger partial charge is 0.341 e. The van der Waals surface area contributed by atoms with Gasteiger partial charge >= 0.3 is 5.97 Å². The number of halogens is 2. The van der Waals surface area contributed by atoms with Crippen molar-refractivity contribution < 1.29 is 23.1 Å². The summed E-state index contributed by atoms with van der Waals surface area (Å²) in [5, 5.41) is 2.49. The lowest BCUT2D eigenvalue weighted by Gasteiger charge is -2.08. The molecule has 0 aliphatic rings. The zero-order valence-electron chi connectivity index (χ0n) is 12.2. The Kier molecular flexibility index (Phi) is 8.42. The number of unbranched alkanes of at least 4 members (excludes halogenated alkanes) is 2. The number of carbonyl (C=O) groups excluding carboxylic acids is 2. The summed E-state index contributed by atoms with van der Waals surface area (Å²) in [4.78, 5) is 27.0. The average molecular weight is 332 g/mol. The highest BCUT2D eigenvalue weighted by Crippen LogP contribution is 2.26. The molecule has 0 spiro atoms. The number of esters is 1. The third-order valence-electron chi connectivity index (χ3n) is 2.63. The maximum Gasteiger partial charge on any atom is 0.341 e. The fourth-order valence-corrected chi connectivity index (χ4v) is 2.16. The average Bonchev–Trinajstić information content (AvgIpc) is 2.49. The first-order valence-corrected chi connectivity index (χ1v) is 7.76. The molecule has 1 aromatic rings. The van der Waals surface area contributed by atoms with Crippen molar-refractivity contribution in [3.8, 4) is 0 Å². The molecule has 1 heterocycles. The van der Waals surface area contributed by atoms with Crippen molar-refractivity contribution in [2.75, 3.05) is 13.2 Å². The molecular formula is C14H18F2N2O3S. The van der Waals surface area contributed by atoms with Crippen LogP contribution in [0.15, 0.2) is 23.4 Å². The van der Waals surface area contributed by atoms with Crippen molar-refractivity contribution in [2.45, 2.75) is 37.0 Å². The second-order valence-electron chi connectivity index (χ2n) is 4.37. The third-order valence-corrected chi connectivity index (χ3v) is 3.36. The number of nitrogens with one attached hydrogen (secondary N) is 1. The molecule has 8 heteroatoms. The van der Waals surface area contributed by atoms with Crippen molar-refractivity contribution >= 4 is 23.6 Å². The van der Waals surface area contributed by atoms with Gasteiger partial charge in [0.25, 0.3) is 11.7 Å². The number of pyridine rings is 1. The van der Waals surface area contributed by atoms with Crippen molar-refractivity contribution in [2.24, 2.45) is 0 Å². The molecule has 0 fully saturated rings. The van der Waals surface area contributed by atoms with Crippen molar-refractivity contribution in [1.29, 1.82) is 0 Å². The first kappa shape index (κ1) is 18.3. The number of thioether (sulfide) groups is 1. The van der Waals surface area contributed by atoms with Crippen LogP contribution in [0.4, 0.5) is 8.78 Å². The first-order valence-electron chi connectivity index (χ1n) is 6.88. The molecule has 0 saturated carbocycles. The summed E-state index contributed by atoms with van der Waals surface area (Å²) in [5.41, 5.74) is -0.0772. The Hall–Kier alpha value is -1.70. The number of hydrogen-bond donors (Lipinski definition) is 1. The maximum atomic E-state index is 12.4. The molecule has 1 rings (SSSR count). The molecule has 1 N–H and O–H groups in total. The molecule has 22 heavy (non-hydrogen) atoms. The Bertz CT molecular complexity index is 501. The standard InChI is InChI=1S/C14H18F2N2O3S/c1-2-3-4-7-17-11(19)9-21-13(20)10-6-5-8-18-12(10)22-14(15)16/h5-6,8,14H,2-4,7,9H2,1H3,(H,17,19). The highest BCUT2D eigenvalue weighted by atomic mass is 32.2. The topological polar surface area (TPSA) is 68.3 Å². The summed E-state index contributed by atoms with van der Waals surface area (Å²) in [6.07, 6.45) is 4.20. The van der Waals surface area contributed by atoms with Gasteiger partial charge in [0.1, 0.15) is 5.03 Å². The summed E-state index contributed by atoms with van der Waals surface area (Å²) in [7, 11) is 0. The molecular weight excluding hydrogens is 314 g/mol. The molecule has 5 nitrogen and oxygen atoms in total. The van der Waals surface area contributed by atoms with Gasteiger partial charge in [0.2, 0.25) is 0 Å². The number of ether oxygens (including phenoxy) is 1. The van der Waals surface area contributed by atoms with Gasteiger partial charge in [-0.15, -0.1) is 0 Å². The molecule has 0 atom stereocenters. The molecule has 0 aromatic carbocycles.